The minimum absolute atomic E-state index is 0.0330. The predicted molar refractivity (Wildman–Crippen MR) is 66.9 cm³/mol. The van der Waals surface area contributed by atoms with Crippen LogP contribution in [0, 0.1) is 0 Å². The zero-order valence-electron chi connectivity index (χ0n) is 8.90. The van der Waals surface area contributed by atoms with Crippen LogP contribution in [0.3, 0.4) is 0 Å². The number of carboxylic acid groups (broad SMARTS) is 1. The molecule has 0 unspecified atom stereocenters. The van der Waals surface area contributed by atoms with Crippen molar-refractivity contribution in [3.05, 3.63) is 28.8 Å². The second-order valence-corrected chi connectivity index (χ2v) is 4.76. The van der Waals surface area contributed by atoms with Gasteiger partial charge in [-0.3, -0.25) is 0 Å². The number of rotatable bonds is 6. The molecule has 0 radical (unpaired) electrons. The van der Waals surface area contributed by atoms with Crippen molar-refractivity contribution in [3.8, 4) is 5.75 Å². The summed E-state index contributed by atoms with van der Waals surface area (Å²) in [5.41, 5.74) is 0.0330. The summed E-state index contributed by atoms with van der Waals surface area (Å²) in [6.07, 6.45) is 0. The Morgan fingerprint density at radius 3 is 2.94 bits per heavy atom. The summed E-state index contributed by atoms with van der Waals surface area (Å²) in [6, 6.07) is 4.83. The van der Waals surface area contributed by atoms with Crippen molar-refractivity contribution in [2.75, 3.05) is 18.1 Å². The highest BCUT2D eigenvalue weighted by Gasteiger charge is 2.15. The summed E-state index contributed by atoms with van der Waals surface area (Å²) in [5, 5.41) is 9.18. The molecule has 1 N–H and O–H groups in total. The molecule has 0 aliphatic rings. The molecule has 3 nitrogen and oxygen atoms in total. The molecule has 0 aliphatic carbocycles. The molecule has 16 heavy (non-hydrogen) atoms. The summed E-state index contributed by atoms with van der Waals surface area (Å²) >= 11 is 7.54. The van der Waals surface area contributed by atoms with Crippen LogP contribution in [-0.2, 0) is 0 Å². The molecule has 0 saturated carbocycles. The lowest BCUT2D eigenvalue weighted by atomic mass is 10.2. The average Bonchev–Trinajstić information content (AvgIpc) is 2.24. The van der Waals surface area contributed by atoms with Crippen molar-refractivity contribution in [3.63, 3.8) is 0 Å². The third-order valence-corrected chi connectivity index (χ3v) is 3.06. The second-order valence-electron chi connectivity index (χ2n) is 2.96. The zero-order valence-corrected chi connectivity index (χ0v) is 10.5. The number of carbonyl (C=O) groups is 1. The van der Waals surface area contributed by atoms with Gasteiger partial charge >= 0.3 is 5.97 Å². The summed E-state index contributed by atoms with van der Waals surface area (Å²) in [5.74, 6) is 1.12. The van der Waals surface area contributed by atoms with Crippen LogP contribution in [-0.4, -0.2) is 29.2 Å². The quantitative estimate of drug-likeness (QED) is 0.798. The SMILES string of the molecule is CCSCCOc1cccc(Cl)c1C(=O)O. The van der Waals surface area contributed by atoms with Crippen LogP contribution < -0.4 is 4.74 Å². The first kappa shape index (κ1) is 13.2. The van der Waals surface area contributed by atoms with Gasteiger partial charge in [0.1, 0.15) is 11.3 Å². The summed E-state index contributed by atoms with van der Waals surface area (Å²) in [6.45, 7) is 2.55. The zero-order chi connectivity index (χ0) is 12.0. The van der Waals surface area contributed by atoms with Crippen molar-refractivity contribution in [2.24, 2.45) is 0 Å². The van der Waals surface area contributed by atoms with Crippen molar-refractivity contribution < 1.29 is 14.6 Å². The fraction of sp³-hybridized carbons (Fsp3) is 0.364. The van der Waals surface area contributed by atoms with Gasteiger partial charge in [-0.2, -0.15) is 11.8 Å². The molecule has 0 fully saturated rings. The number of hydrogen-bond donors (Lipinski definition) is 1. The number of benzene rings is 1. The molecule has 88 valence electrons. The van der Waals surface area contributed by atoms with Crippen LogP contribution in [0.5, 0.6) is 5.75 Å². The Morgan fingerprint density at radius 2 is 2.31 bits per heavy atom. The topological polar surface area (TPSA) is 46.5 Å². The first-order chi connectivity index (χ1) is 7.66. The molecule has 5 heteroatoms. The van der Waals surface area contributed by atoms with E-state index in [1.807, 2.05) is 0 Å². The molecular weight excluding hydrogens is 248 g/mol. The number of thioether (sulfide) groups is 1. The number of hydrogen-bond acceptors (Lipinski definition) is 3. The van der Waals surface area contributed by atoms with E-state index in [9.17, 15) is 4.79 Å². The Morgan fingerprint density at radius 1 is 1.56 bits per heavy atom. The number of halogens is 1. The van der Waals surface area contributed by atoms with Gasteiger partial charge in [-0.05, 0) is 17.9 Å². The summed E-state index contributed by atoms with van der Waals surface area (Å²) < 4.78 is 5.40. The van der Waals surface area contributed by atoms with E-state index in [-0.39, 0.29) is 10.6 Å². The fourth-order valence-electron chi connectivity index (χ4n) is 1.19. The van der Waals surface area contributed by atoms with Crippen LogP contribution in [0.4, 0.5) is 0 Å². The minimum atomic E-state index is -1.07. The average molecular weight is 261 g/mol. The highest BCUT2D eigenvalue weighted by molar-refractivity contribution is 7.99. The molecule has 0 aromatic heterocycles. The smallest absolute Gasteiger partial charge is 0.341 e. The Kier molecular flexibility index (Phi) is 5.49. The monoisotopic (exact) mass is 260 g/mol. The fourth-order valence-corrected chi connectivity index (χ4v) is 1.92. The van der Waals surface area contributed by atoms with Gasteiger partial charge in [-0.15, -0.1) is 0 Å². The highest BCUT2D eigenvalue weighted by Crippen LogP contribution is 2.26. The first-order valence-electron chi connectivity index (χ1n) is 4.89. The van der Waals surface area contributed by atoms with E-state index in [0.29, 0.717) is 12.4 Å². The standard InChI is InChI=1S/C11H13ClO3S/c1-2-16-7-6-15-9-5-3-4-8(12)10(9)11(13)14/h3-5H,2,6-7H2,1H3,(H,13,14). The van der Waals surface area contributed by atoms with Gasteiger partial charge in [0.15, 0.2) is 0 Å². The molecule has 1 aromatic rings. The van der Waals surface area contributed by atoms with E-state index in [1.54, 1.807) is 30.0 Å². The van der Waals surface area contributed by atoms with Crippen LogP contribution in [0.15, 0.2) is 18.2 Å². The van der Waals surface area contributed by atoms with Crippen LogP contribution >= 0.6 is 23.4 Å². The largest absolute Gasteiger partial charge is 0.492 e. The Labute approximate surface area is 104 Å². The minimum Gasteiger partial charge on any atom is -0.492 e. The van der Waals surface area contributed by atoms with Gasteiger partial charge in [0.2, 0.25) is 0 Å². The molecule has 0 heterocycles. The van der Waals surface area contributed by atoms with Gasteiger partial charge < -0.3 is 9.84 Å². The van der Waals surface area contributed by atoms with Crippen molar-refractivity contribution >= 4 is 29.3 Å². The highest BCUT2D eigenvalue weighted by atomic mass is 35.5. The van der Waals surface area contributed by atoms with Crippen molar-refractivity contribution in [1.82, 2.24) is 0 Å². The molecule has 0 spiro atoms. The molecule has 0 aliphatic heterocycles. The normalized spacial score (nSPS) is 10.1. The van der Waals surface area contributed by atoms with Crippen LogP contribution in [0.1, 0.15) is 17.3 Å². The third kappa shape index (κ3) is 3.61. The molecule has 0 saturated heterocycles. The Hall–Kier alpha value is -0.870. The molecular formula is C11H13ClO3S. The summed E-state index contributed by atoms with van der Waals surface area (Å²) in [4.78, 5) is 11.0. The Balaban J connectivity index is 2.71. The lowest BCUT2D eigenvalue weighted by molar-refractivity contribution is 0.0693. The van der Waals surface area contributed by atoms with E-state index in [1.165, 1.54) is 0 Å². The molecule has 1 aromatic carbocycles. The molecule has 0 amide bonds. The van der Waals surface area contributed by atoms with E-state index in [2.05, 4.69) is 6.92 Å². The van der Waals surface area contributed by atoms with Gasteiger partial charge in [-0.25, -0.2) is 4.79 Å². The predicted octanol–water partition coefficient (Wildman–Crippen LogP) is 3.17. The lowest BCUT2D eigenvalue weighted by Crippen LogP contribution is -2.06. The number of aromatic carboxylic acids is 1. The number of ether oxygens (including phenoxy) is 1. The number of carboxylic acids is 1. The van der Waals surface area contributed by atoms with Crippen molar-refractivity contribution in [1.29, 1.82) is 0 Å². The summed E-state index contributed by atoms with van der Waals surface area (Å²) in [7, 11) is 0. The van der Waals surface area contributed by atoms with E-state index >= 15 is 0 Å². The maximum atomic E-state index is 11.0. The van der Waals surface area contributed by atoms with Gasteiger partial charge in [0.05, 0.1) is 11.6 Å². The molecule has 1 rings (SSSR count). The maximum absolute atomic E-state index is 11.0. The second kappa shape index (κ2) is 6.66. The van der Waals surface area contributed by atoms with E-state index < -0.39 is 5.97 Å². The lowest BCUT2D eigenvalue weighted by Gasteiger charge is -2.09. The first-order valence-corrected chi connectivity index (χ1v) is 6.42. The van der Waals surface area contributed by atoms with Gasteiger partial charge in [0, 0.05) is 5.75 Å². The maximum Gasteiger partial charge on any atom is 0.341 e. The van der Waals surface area contributed by atoms with Gasteiger partial charge in [-0.1, -0.05) is 24.6 Å². The third-order valence-electron chi connectivity index (χ3n) is 1.88. The van der Waals surface area contributed by atoms with Crippen LogP contribution in [0.25, 0.3) is 0 Å². The molecule has 0 bridgehead atoms. The van der Waals surface area contributed by atoms with E-state index in [4.69, 9.17) is 21.4 Å². The van der Waals surface area contributed by atoms with Gasteiger partial charge in [0.25, 0.3) is 0 Å². The van der Waals surface area contributed by atoms with Crippen LogP contribution in [0.2, 0.25) is 5.02 Å². The van der Waals surface area contributed by atoms with Crippen molar-refractivity contribution in [2.45, 2.75) is 6.92 Å². The van der Waals surface area contributed by atoms with E-state index in [0.717, 1.165) is 11.5 Å². The Bertz CT molecular complexity index is 368. The molecule has 0 atom stereocenters.